The molecule has 0 aliphatic heterocycles. The first kappa shape index (κ1) is 11.1. The van der Waals surface area contributed by atoms with E-state index in [4.69, 9.17) is 11.6 Å². The Balaban J connectivity index is 2.16. The molecule has 0 amide bonds. The quantitative estimate of drug-likeness (QED) is 0.699. The molecule has 0 heterocycles. The maximum atomic E-state index is 11.8. The monoisotopic (exact) mass is 215 g/mol. The lowest BCUT2D eigenvalue weighted by molar-refractivity contribution is -0.126. The summed E-state index contributed by atoms with van der Waals surface area (Å²) in [5, 5.41) is 2.65. The molecule has 1 fully saturated rings. The molecule has 78 valence electrons. The molecule has 1 rings (SSSR count). The van der Waals surface area contributed by atoms with E-state index in [1.807, 2.05) is 0 Å². The molecule has 1 aliphatic carbocycles. The van der Waals surface area contributed by atoms with E-state index in [1.165, 1.54) is 0 Å². The van der Waals surface area contributed by atoms with Gasteiger partial charge in [-0.3, -0.25) is 0 Å². The second kappa shape index (κ2) is 4.51. The van der Waals surface area contributed by atoms with Gasteiger partial charge in [-0.05, 0) is 25.7 Å². The van der Waals surface area contributed by atoms with Gasteiger partial charge >= 0.3 is 6.18 Å². The maximum Gasteiger partial charge on any atom is 0.401 e. The van der Waals surface area contributed by atoms with Gasteiger partial charge in [0.25, 0.3) is 0 Å². The normalized spacial score (nSPS) is 30.5. The Hall–Kier alpha value is 0.0400. The summed E-state index contributed by atoms with van der Waals surface area (Å²) in [6, 6.07) is -0.00313. The van der Waals surface area contributed by atoms with E-state index in [-0.39, 0.29) is 11.4 Å². The first-order valence-corrected chi connectivity index (χ1v) is 4.85. The highest BCUT2D eigenvalue weighted by Crippen LogP contribution is 2.23. The minimum atomic E-state index is -4.10. The summed E-state index contributed by atoms with van der Waals surface area (Å²) in [4.78, 5) is 0. The molecule has 0 saturated heterocycles. The molecule has 1 saturated carbocycles. The van der Waals surface area contributed by atoms with Gasteiger partial charge in [-0.25, -0.2) is 0 Å². The van der Waals surface area contributed by atoms with Gasteiger partial charge in [0.15, 0.2) is 0 Å². The zero-order valence-electron chi connectivity index (χ0n) is 7.20. The fourth-order valence-corrected chi connectivity index (χ4v) is 1.77. The second-order valence-corrected chi connectivity index (χ2v) is 4.06. The Morgan fingerprint density at radius 2 is 1.69 bits per heavy atom. The van der Waals surface area contributed by atoms with Crippen molar-refractivity contribution in [1.29, 1.82) is 0 Å². The van der Waals surface area contributed by atoms with Gasteiger partial charge in [0.1, 0.15) is 0 Å². The van der Waals surface area contributed by atoms with Crippen molar-refractivity contribution in [2.45, 2.75) is 43.3 Å². The maximum absolute atomic E-state index is 11.8. The van der Waals surface area contributed by atoms with Gasteiger partial charge in [-0.1, -0.05) is 0 Å². The Bertz CT molecular complexity index is 152. The Morgan fingerprint density at radius 3 is 2.15 bits per heavy atom. The zero-order valence-corrected chi connectivity index (χ0v) is 7.96. The second-order valence-electron chi connectivity index (χ2n) is 3.44. The molecule has 0 aromatic heterocycles. The van der Waals surface area contributed by atoms with Crippen molar-refractivity contribution < 1.29 is 13.2 Å². The number of rotatable bonds is 2. The van der Waals surface area contributed by atoms with Crippen molar-refractivity contribution in [3.8, 4) is 0 Å². The van der Waals surface area contributed by atoms with Crippen LogP contribution in [0.5, 0.6) is 0 Å². The summed E-state index contributed by atoms with van der Waals surface area (Å²) in [5.74, 6) is 0. The van der Waals surface area contributed by atoms with Crippen LogP contribution in [-0.2, 0) is 0 Å². The minimum absolute atomic E-state index is 0.00313. The van der Waals surface area contributed by atoms with Crippen molar-refractivity contribution >= 4 is 11.6 Å². The number of halogens is 4. The lowest BCUT2D eigenvalue weighted by Crippen LogP contribution is -2.39. The van der Waals surface area contributed by atoms with Gasteiger partial charge in [-0.2, -0.15) is 13.2 Å². The van der Waals surface area contributed by atoms with Crippen LogP contribution in [0.25, 0.3) is 0 Å². The number of alkyl halides is 4. The van der Waals surface area contributed by atoms with E-state index in [2.05, 4.69) is 5.32 Å². The van der Waals surface area contributed by atoms with E-state index in [0.29, 0.717) is 0 Å². The van der Waals surface area contributed by atoms with Crippen LogP contribution in [-0.4, -0.2) is 24.1 Å². The molecule has 0 atom stereocenters. The lowest BCUT2D eigenvalue weighted by Gasteiger charge is -2.26. The van der Waals surface area contributed by atoms with Crippen LogP contribution < -0.4 is 5.32 Å². The van der Waals surface area contributed by atoms with E-state index < -0.39 is 12.7 Å². The van der Waals surface area contributed by atoms with Crippen molar-refractivity contribution in [2.24, 2.45) is 0 Å². The third-order valence-corrected chi connectivity index (χ3v) is 2.68. The zero-order chi connectivity index (χ0) is 9.90. The van der Waals surface area contributed by atoms with Crippen molar-refractivity contribution in [1.82, 2.24) is 5.32 Å². The predicted molar refractivity (Wildman–Crippen MR) is 46.0 cm³/mol. The average Bonchev–Trinajstić information content (AvgIpc) is 2.02. The number of nitrogens with one attached hydrogen (secondary N) is 1. The lowest BCUT2D eigenvalue weighted by atomic mass is 9.95. The van der Waals surface area contributed by atoms with Crippen LogP contribution in [0.2, 0.25) is 0 Å². The number of hydrogen-bond donors (Lipinski definition) is 1. The molecule has 0 aromatic rings. The molecule has 0 radical (unpaired) electrons. The molecule has 0 unspecified atom stereocenters. The highest BCUT2D eigenvalue weighted by molar-refractivity contribution is 6.20. The highest BCUT2D eigenvalue weighted by Gasteiger charge is 2.29. The Kier molecular flexibility index (Phi) is 3.86. The first-order valence-electron chi connectivity index (χ1n) is 4.41. The van der Waals surface area contributed by atoms with Crippen LogP contribution >= 0.6 is 11.6 Å². The molecule has 5 heteroatoms. The van der Waals surface area contributed by atoms with E-state index in [9.17, 15) is 13.2 Å². The van der Waals surface area contributed by atoms with Gasteiger partial charge in [0.05, 0.1) is 6.54 Å². The Labute approximate surface area is 80.6 Å². The fraction of sp³-hybridized carbons (Fsp3) is 1.00. The summed E-state index contributed by atoms with van der Waals surface area (Å²) in [5.41, 5.74) is 0. The molecule has 0 aromatic carbocycles. The van der Waals surface area contributed by atoms with E-state index in [0.717, 1.165) is 25.7 Å². The summed E-state index contributed by atoms with van der Waals surface area (Å²) >= 11 is 5.82. The summed E-state index contributed by atoms with van der Waals surface area (Å²) < 4.78 is 35.4. The molecule has 1 aliphatic rings. The molecule has 1 nitrogen and oxygen atoms in total. The highest BCUT2D eigenvalue weighted by atomic mass is 35.5. The summed E-state index contributed by atoms with van der Waals surface area (Å²) in [7, 11) is 0. The molecule has 1 N–H and O–H groups in total. The molecule has 0 spiro atoms. The summed E-state index contributed by atoms with van der Waals surface area (Å²) in [6.07, 6.45) is -0.958. The Morgan fingerprint density at radius 1 is 1.15 bits per heavy atom. The van der Waals surface area contributed by atoms with Gasteiger partial charge < -0.3 is 5.32 Å². The predicted octanol–water partition coefficient (Wildman–Crippen LogP) is 2.69. The van der Waals surface area contributed by atoms with Crippen LogP contribution in [0.4, 0.5) is 13.2 Å². The first-order chi connectivity index (χ1) is 5.97. The topological polar surface area (TPSA) is 12.0 Å². The molecule has 13 heavy (non-hydrogen) atoms. The third kappa shape index (κ3) is 4.72. The van der Waals surface area contributed by atoms with E-state index in [1.54, 1.807) is 0 Å². The molecular weight excluding hydrogens is 203 g/mol. The van der Waals surface area contributed by atoms with Gasteiger partial charge in [0.2, 0.25) is 0 Å². The molecular formula is C8H13ClF3N. The van der Waals surface area contributed by atoms with Gasteiger partial charge in [-0.15, -0.1) is 11.6 Å². The van der Waals surface area contributed by atoms with Crippen molar-refractivity contribution in [2.75, 3.05) is 6.54 Å². The third-order valence-electron chi connectivity index (χ3n) is 2.25. The van der Waals surface area contributed by atoms with Crippen LogP contribution in [0, 0.1) is 0 Å². The minimum Gasteiger partial charge on any atom is -0.306 e. The molecule has 0 bridgehead atoms. The smallest absolute Gasteiger partial charge is 0.306 e. The van der Waals surface area contributed by atoms with Gasteiger partial charge in [0, 0.05) is 11.4 Å². The van der Waals surface area contributed by atoms with Crippen LogP contribution in [0.3, 0.4) is 0 Å². The van der Waals surface area contributed by atoms with Crippen molar-refractivity contribution in [3.05, 3.63) is 0 Å². The van der Waals surface area contributed by atoms with Crippen molar-refractivity contribution in [3.63, 3.8) is 0 Å². The van der Waals surface area contributed by atoms with E-state index >= 15 is 0 Å². The number of hydrogen-bond acceptors (Lipinski definition) is 1. The summed E-state index contributed by atoms with van der Waals surface area (Å²) in [6.45, 7) is -0.884. The van der Waals surface area contributed by atoms with Crippen LogP contribution in [0.15, 0.2) is 0 Å². The largest absolute Gasteiger partial charge is 0.401 e. The fourth-order valence-electron chi connectivity index (χ4n) is 1.52. The SMILES string of the molecule is FC(F)(F)CNC1CCC(Cl)CC1. The average molecular weight is 216 g/mol. The standard InChI is InChI=1S/C8H13ClF3N/c9-6-1-3-7(4-2-6)13-5-8(10,11)12/h6-7,13H,1-5H2. The van der Waals surface area contributed by atoms with Crippen LogP contribution in [0.1, 0.15) is 25.7 Å².